The maximum atomic E-state index is 12.1. The Labute approximate surface area is 164 Å². The van der Waals surface area contributed by atoms with Gasteiger partial charge in [-0.2, -0.15) is 0 Å². The van der Waals surface area contributed by atoms with Crippen LogP contribution in [0.25, 0.3) is 22.6 Å². The number of ether oxygens (including phenoxy) is 1. The van der Waals surface area contributed by atoms with Crippen molar-refractivity contribution >= 4 is 38.6 Å². The fraction of sp³-hybridized carbons (Fsp3) is 0.0476. The van der Waals surface area contributed by atoms with Crippen LogP contribution in [0.1, 0.15) is 0 Å². The predicted molar refractivity (Wildman–Crippen MR) is 108 cm³/mol. The zero-order valence-electron chi connectivity index (χ0n) is 14.2. The Balaban J connectivity index is 1.48. The molecule has 0 fully saturated rings. The van der Waals surface area contributed by atoms with Crippen LogP contribution >= 0.6 is 15.9 Å². The molecule has 0 aliphatic carbocycles. The summed E-state index contributed by atoms with van der Waals surface area (Å²) in [6, 6.07) is 22.3. The van der Waals surface area contributed by atoms with Crippen molar-refractivity contribution in [1.82, 2.24) is 4.98 Å². The summed E-state index contributed by atoms with van der Waals surface area (Å²) in [5.41, 5.74) is 2.83. The van der Waals surface area contributed by atoms with E-state index in [9.17, 15) is 4.79 Å². The molecule has 0 aliphatic heterocycles. The topological polar surface area (TPSA) is 64.4 Å². The third-order valence-electron chi connectivity index (χ3n) is 3.89. The van der Waals surface area contributed by atoms with Crippen molar-refractivity contribution in [3.63, 3.8) is 0 Å². The third kappa shape index (κ3) is 4.01. The SMILES string of the molecule is O=C(COc1ccccc1)Nc1ccc2oc(-c3ccccc3Br)nc2c1. The van der Waals surface area contributed by atoms with Crippen LogP contribution in [0.3, 0.4) is 0 Å². The summed E-state index contributed by atoms with van der Waals surface area (Å²) < 4.78 is 12.2. The average Bonchev–Trinajstić information content (AvgIpc) is 3.10. The van der Waals surface area contributed by atoms with E-state index in [1.165, 1.54) is 0 Å². The first-order chi connectivity index (χ1) is 13.2. The Bertz CT molecular complexity index is 1090. The highest BCUT2D eigenvalue weighted by molar-refractivity contribution is 9.10. The fourth-order valence-corrected chi connectivity index (χ4v) is 3.07. The number of halogens is 1. The maximum Gasteiger partial charge on any atom is 0.262 e. The van der Waals surface area contributed by atoms with Gasteiger partial charge in [-0.3, -0.25) is 4.79 Å². The molecule has 0 saturated heterocycles. The summed E-state index contributed by atoms with van der Waals surface area (Å²) >= 11 is 3.50. The number of benzene rings is 3. The van der Waals surface area contributed by atoms with Crippen molar-refractivity contribution in [1.29, 1.82) is 0 Å². The monoisotopic (exact) mass is 422 g/mol. The molecule has 0 radical (unpaired) electrons. The van der Waals surface area contributed by atoms with Crippen molar-refractivity contribution in [3.05, 3.63) is 77.3 Å². The smallest absolute Gasteiger partial charge is 0.262 e. The van der Waals surface area contributed by atoms with Gasteiger partial charge in [0.15, 0.2) is 12.2 Å². The van der Waals surface area contributed by atoms with Gasteiger partial charge in [0.25, 0.3) is 5.91 Å². The van der Waals surface area contributed by atoms with E-state index in [0.717, 1.165) is 10.0 Å². The summed E-state index contributed by atoms with van der Waals surface area (Å²) in [5, 5.41) is 2.81. The van der Waals surface area contributed by atoms with E-state index >= 15 is 0 Å². The van der Waals surface area contributed by atoms with E-state index in [1.54, 1.807) is 30.3 Å². The molecule has 1 N–H and O–H groups in total. The molecule has 5 nitrogen and oxygen atoms in total. The van der Waals surface area contributed by atoms with Crippen LogP contribution < -0.4 is 10.1 Å². The van der Waals surface area contributed by atoms with Crippen molar-refractivity contribution in [2.24, 2.45) is 0 Å². The van der Waals surface area contributed by atoms with Gasteiger partial charge in [0, 0.05) is 10.2 Å². The number of oxazole rings is 1. The standard InChI is InChI=1S/C21H15BrN2O3/c22-17-9-5-4-8-16(17)21-24-18-12-14(10-11-19(18)27-21)23-20(25)13-26-15-6-2-1-3-7-15/h1-12H,13H2,(H,23,25). The molecule has 4 rings (SSSR count). The minimum Gasteiger partial charge on any atom is -0.484 e. The first-order valence-corrected chi connectivity index (χ1v) is 9.11. The van der Waals surface area contributed by atoms with Crippen molar-refractivity contribution < 1.29 is 13.9 Å². The second-order valence-corrected chi connectivity index (χ2v) is 6.69. The summed E-state index contributed by atoms with van der Waals surface area (Å²) in [5.74, 6) is 0.929. The Morgan fingerprint density at radius 1 is 1.04 bits per heavy atom. The molecule has 0 atom stereocenters. The molecule has 27 heavy (non-hydrogen) atoms. The molecule has 4 aromatic rings. The third-order valence-corrected chi connectivity index (χ3v) is 4.58. The molecule has 1 heterocycles. The molecule has 0 unspecified atom stereocenters. The van der Waals surface area contributed by atoms with Crippen LogP contribution in [0.15, 0.2) is 81.7 Å². The zero-order chi connectivity index (χ0) is 18.6. The van der Waals surface area contributed by atoms with Gasteiger partial charge in [-0.05, 0) is 58.4 Å². The fourth-order valence-electron chi connectivity index (χ4n) is 2.62. The molecule has 0 spiro atoms. The molecule has 0 bridgehead atoms. The van der Waals surface area contributed by atoms with Crippen LogP contribution in [0.5, 0.6) is 5.75 Å². The highest BCUT2D eigenvalue weighted by Crippen LogP contribution is 2.30. The van der Waals surface area contributed by atoms with E-state index in [-0.39, 0.29) is 12.5 Å². The van der Waals surface area contributed by atoms with Gasteiger partial charge < -0.3 is 14.5 Å². The molecule has 1 amide bonds. The first-order valence-electron chi connectivity index (χ1n) is 8.32. The van der Waals surface area contributed by atoms with Crippen molar-refractivity contribution in [3.8, 4) is 17.2 Å². The van der Waals surface area contributed by atoms with Crippen LogP contribution in [-0.2, 0) is 4.79 Å². The van der Waals surface area contributed by atoms with Gasteiger partial charge in [-0.25, -0.2) is 4.98 Å². The number of hydrogen-bond acceptors (Lipinski definition) is 4. The van der Waals surface area contributed by atoms with Gasteiger partial charge in [0.1, 0.15) is 11.3 Å². The quantitative estimate of drug-likeness (QED) is 0.475. The number of carbonyl (C=O) groups is 1. The largest absolute Gasteiger partial charge is 0.484 e. The summed E-state index contributed by atoms with van der Waals surface area (Å²) in [6.45, 7) is -0.0664. The van der Waals surface area contributed by atoms with Crippen molar-refractivity contribution in [2.75, 3.05) is 11.9 Å². The molecule has 0 saturated carbocycles. The average molecular weight is 423 g/mol. The Kier molecular flexibility index (Phi) is 4.89. The van der Waals surface area contributed by atoms with Crippen LogP contribution in [-0.4, -0.2) is 17.5 Å². The lowest BCUT2D eigenvalue weighted by atomic mass is 10.2. The van der Waals surface area contributed by atoms with Crippen LogP contribution in [0, 0.1) is 0 Å². The Morgan fingerprint density at radius 3 is 2.63 bits per heavy atom. The number of nitrogens with one attached hydrogen (secondary N) is 1. The number of nitrogens with zero attached hydrogens (tertiary/aromatic N) is 1. The van der Waals surface area contributed by atoms with E-state index < -0.39 is 0 Å². The normalized spacial score (nSPS) is 10.7. The maximum absolute atomic E-state index is 12.1. The molecule has 6 heteroatoms. The van der Waals surface area contributed by atoms with Gasteiger partial charge >= 0.3 is 0 Å². The zero-order valence-corrected chi connectivity index (χ0v) is 15.8. The van der Waals surface area contributed by atoms with Gasteiger partial charge in [-0.1, -0.05) is 30.3 Å². The van der Waals surface area contributed by atoms with E-state index in [2.05, 4.69) is 26.2 Å². The number of carbonyl (C=O) groups excluding carboxylic acids is 1. The molecular formula is C21H15BrN2O3. The van der Waals surface area contributed by atoms with E-state index in [4.69, 9.17) is 9.15 Å². The number of para-hydroxylation sites is 1. The Hall–Kier alpha value is -3.12. The number of rotatable bonds is 5. The number of aromatic nitrogens is 1. The second-order valence-electron chi connectivity index (χ2n) is 5.83. The number of hydrogen-bond donors (Lipinski definition) is 1. The van der Waals surface area contributed by atoms with Gasteiger partial charge in [-0.15, -0.1) is 0 Å². The van der Waals surface area contributed by atoms with E-state index in [1.807, 2.05) is 42.5 Å². The number of anilines is 1. The number of fused-ring (bicyclic) bond motifs is 1. The second kappa shape index (κ2) is 7.63. The highest BCUT2D eigenvalue weighted by Gasteiger charge is 2.12. The molecule has 134 valence electrons. The van der Waals surface area contributed by atoms with Gasteiger partial charge in [0.05, 0.1) is 5.56 Å². The van der Waals surface area contributed by atoms with Crippen LogP contribution in [0.4, 0.5) is 5.69 Å². The lowest BCUT2D eigenvalue weighted by Gasteiger charge is -2.07. The molecular weight excluding hydrogens is 408 g/mol. The van der Waals surface area contributed by atoms with Crippen molar-refractivity contribution in [2.45, 2.75) is 0 Å². The minimum absolute atomic E-state index is 0.0664. The summed E-state index contributed by atoms with van der Waals surface area (Å²) in [6.07, 6.45) is 0. The van der Waals surface area contributed by atoms with Gasteiger partial charge in [0.2, 0.25) is 5.89 Å². The number of amides is 1. The van der Waals surface area contributed by atoms with Crippen LogP contribution in [0.2, 0.25) is 0 Å². The molecule has 0 aliphatic rings. The lowest BCUT2D eigenvalue weighted by Crippen LogP contribution is -2.20. The molecule has 3 aromatic carbocycles. The minimum atomic E-state index is -0.243. The highest BCUT2D eigenvalue weighted by atomic mass is 79.9. The molecule has 1 aromatic heterocycles. The first kappa shape index (κ1) is 17.3. The Morgan fingerprint density at radius 2 is 1.81 bits per heavy atom. The predicted octanol–water partition coefficient (Wildman–Crippen LogP) is 5.27. The lowest BCUT2D eigenvalue weighted by molar-refractivity contribution is -0.118. The van der Waals surface area contributed by atoms with E-state index in [0.29, 0.717) is 28.4 Å². The summed E-state index contributed by atoms with van der Waals surface area (Å²) in [4.78, 5) is 16.6. The summed E-state index contributed by atoms with van der Waals surface area (Å²) in [7, 11) is 0.